The van der Waals surface area contributed by atoms with Gasteiger partial charge in [0.05, 0.1) is 5.69 Å². The Balaban J connectivity index is 1.34. The zero-order chi connectivity index (χ0) is 18.5. The molecule has 1 aromatic heterocycles. The molecule has 2 N–H and O–H groups in total. The third kappa shape index (κ3) is 4.43. The second kappa shape index (κ2) is 8.46. The molecule has 0 aliphatic carbocycles. The van der Waals surface area contributed by atoms with Crippen molar-refractivity contribution in [1.29, 1.82) is 0 Å². The largest absolute Gasteiger partial charge is 0.490 e. The van der Waals surface area contributed by atoms with Crippen LogP contribution in [0.5, 0.6) is 5.75 Å². The average Bonchev–Trinajstić information content (AvgIpc) is 3.18. The Morgan fingerprint density at radius 2 is 1.85 bits per heavy atom. The lowest BCUT2D eigenvalue weighted by Crippen LogP contribution is -2.45. The quantitative estimate of drug-likeness (QED) is 0.674. The van der Waals surface area contributed by atoms with E-state index in [0.717, 1.165) is 57.3 Å². The molecule has 1 aliphatic heterocycles. The highest BCUT2D eigenvalue weighted by Gasteiger charge is 2.13. The van der Waals surface area contributed by atoms with Crippen LogP contribution >= 0.6 is 0 Å². The second-order valence-electron chi connectivity index (χ2n) is 7.20. The molecule has 142 valence electrons. The van der Waals surface area contributed by atoms with Gasteiger partial charge in [0.15, 0.2) is 0 Å². The Morgan fingerprint density at radius 3 is 2.74 bits per heavy atom. The van der Waals surface area contributed by atoms with Crippen molar-refractivity contribution in [3.63, 3.8) is 0 Å². The van der Waals surface area contributed by atoms with Crippen molar-refractivity contribution in [2.24, 2.45) is 0 Å². The summed E-state index contributed by atoms with van der Waals surface area (Å²) in [6, 6.07) is 16.7. The van der Waals surface area contributed by atoms with Crippen molar-refractivity contribution in [2.75, 3.05) is 51.7 Å². The smallest absolute Gasteiger partial charge is 0.142 e. The summed E-state index contributed by atoms with van der Waals surface area (Å²) in [5.74, 6) is 0.924. The molecule has 0 unspecified atom stereocenters. The zero-order valence-electron chi connectivity index (χ0n) is 15.9. The lowest BCUT2D eigenvalue weighted by atomic mass is 10.1. The Labute approximate surface area is 160 Å². The number of likely N-dealkylation sites (N-methyl/N-ethyl adjacent to an activating group) is 1. The number of hydrogen-bond acceptors (Lipinski definition) is 4. The number of ether oxygens (including phenoxy) is 1. The molecule has 1 fully saturated rings. The van der Waals surface area contributed by atoms with Gasteiger partial charge in [-0.05, 0) is 36.9 Å². The van der Waals surface area contributed by atoms with Gasteiger partial charge in [0.25, 0.3) is 0 Å². The van der Waals surface area contributed by atoms with E-state index in [1.165, 1.54) is 16.5 Å². The van der Waals surface area contributed by atoms with Crippen LogP contribution in [0.4, 0.5) is 5.69 Å². The highest BCUT2D eigenvalue weighted by atomic mass is 16.5. The van der Waals surface area contributed by atoms with E-state index in [1.54, 1.807) is 0 Å². The van der Waals surface area contributed by atoms with Crippen LogP contribution in [0.2, 0.25) is 0 Å². The fourth-order valence-corrected chi connectivity index (χ4v) is 3.59. The predicted octanol–water partition coefficient (Wildman–Crippen LogP) is 3.41. The maximum absolute atomic E-state index is 6.10. The van der Waals surface area contributed by atoms with Crippen LogP contribution in [0.1, 0.15) is 5.56 Å². The van der Waals surface area contributed by atoms with E-state index >= 15 is 0 Å². The third-order valence-electron chi connectivity index (χ3n) is 5.30. The molecule has 2 aromatic carbocycles. The molecule has 0 amide bonds. The predicted molar refractivity (Wildman–Crippen MR) is 111 cm³/mol. The fraction of sp³-hybridized carbons (Fsp3) is 0.364. The summed E-state index contributed by atoms with van der Waals surface area (Å²) in [5.41, 5.74) is 3.50. The summed E-state index contributed by atoms with van der Waals surface area (Å²) >= 11 is 0. The zero-order valence-corrected chi connectivity index (χ0v) is 15.9. The molecule has 5 heteroatoms. The number of nitrogens with one attached hydrogen (secondary N) is 2. The van der Waals surface area contributed by atoms with Crippen molar-refractivity contribution in [1.82, 2.24) is 14.8 Å². The van der Waals surface area contributed by atoms with Crippen molar-refractivity contribution < 1.29 is 4.74 Å². The van der Waals surface area contributed by atoms with E-state index < -0.39 is 0 Å². The van der Waals surface area contributed by atoms with Gasteiger partial charge in [0.1, 0.15) is 12.4 Å². The standard InChI is InChI=1S/C22H28N4O/c1-25-11-13-26(14-12-25)15-16-27-22-8-3-2-6-21(22)24-17-18-5-4-7-20-19(18)9-10-23-20/h2-10,23-24H,11-17H2,1H3. The summed E-state index contributed by atoms with van der Waals surface area (Å²) in [6.07, 6.45) is 1.99. The molecule has 0 atom stereocenters. The lowest BCUT2D eigenvalue weighted by molar-refractivity contribution is 0.134. The monoisotopic (exact) mass is 364 g/mol. The molecule has 1 aliphatic rings. The average molecular weight is 364 g/mol. The van der Waals surface area contributed by atoms with Crippen LogP contribution in [0.3, 0.4) is 0 Å². The van der Waals surface area contributed by atoms with E-state index in [-0.39, 0.29) is 0 Å². The summed E-state index contributed by atoms with van der Waals surface area (Å²) in [7, 11) is 2.18. The molecule has 27 heavy (non-hydrogen) atoms. The number of H-pyrrole nitrogens is 1. The van der Waals surface area contributed by atoms with Crippen LogP contribution < -0.4 is 10.1 Å². The van der Waals surface area contributed by atoms with Gasteiger partial charge in [-0.1, -0.05) is 24.3 Å². The molecular weight excluding hydrogens is 336 g/mol. The number of nitrogens with zero attached hydrogens (tertiary/aromatic N) is 2. The highest BCUT2D eigenvalue weighted by molar-refractivity contribution is 5.83. The molecular formula is C22H28N4O. The SMILES string of the molecule is CN1CCN(CCOc2ccccc2NCc2cccc3[nH]ccc23)CC1. The Bertz CT molecular complexity index is 867. The van der Waals surface area contributed by atoms with Gasteiger partial charge >= 0.3 is 0 Å². The Morgan fingerprint density at radius 1 is 1.00 bits per heavy atom. The van der Waals surface area contributed by atoms with E-state index in [2.05, 4.69) is 57.5 Å². The minimum absolute atomic E-state index is 0.718. The number of rotatable bonds is 7. The van der Waals surface area contributed by atoms with Gasteiger partial charge in [-0.25, -0.2) is 0 Å². The summed E-state index contributed by atoms with van der Waals surface area (Å²) in [5, 5.41) is 4.81. The van der Waals surface area contributed by atoms with Crippen molar-refractivity contribution in [2.45, 2.75) is 6.54 Å². The Kier molecular flexibility index (Phi) is 5.61. The molecule has 3 aromatic rings. The van der Waals surface area contributed by atoms with Gasteiger partial charge < -0.3 is 19.9 Å². The topological polar surface area (TPSA) is 43.5 Å². The number of piperazine rings is 1. The van der Waals surface area contributed by atoms with E-state index in [9.17, 15) is 0 Å². The number of anilines is 1. The first-order chi connectivity index (χ1) is 13.3. The van der Waals surface area contributed by atoms with Gasteiger partial charge in [-0.2, -0.15) is 0 Å². The maximum Gasteiger partial charge on any atom is 0.142 e. The second-order valence-corrected chi connectivity index (χ2v) is 7.20. The molecule has 0 bridgehead atoms. The molecule has 0 saturated carbocycles. The summed E-state index contributed by atoms with van der Waals surface area (Å²) in [6.45, 7) is 7.00. The number of fused-ring (bicyclic) bond motifs is 1. The normalized spacial score (nSPS) is 15.9. The maximum atomic E-state index is 6.10. The summed E-state index contributed by atoms with van der Waals surface area (Å²) < 4.78 is 6.10. The van der Waals surface area contributed by atoms with Gasteiger partial charge in [0.2, 0.25) is 0 Å². The van der Waals surface area contributed by atoms with Crippen molar-refractivity contribution in [3.8, 4) is 5.75 Å². The van der Waals surface area contributed by atoms with Crippen LogP contribution in [0.25, 0.3) is 10.9 Å². The molecule has 0 spiro atoms. The number of hydrogen-bond donors (Lipinski definition) is 2. The molecule has 2 heterocycles. The van der Waals surface area contributed by atoms with Gasteiger partial charge in [0, 0.05) is 56.4 Å². The summed E-state index contributed by atoms with van der Waals surface area (Å²) in [4.78, 5) is 8.12. The van der Waals surface area contributed by atoms with Gasteiger partial charge in [-0.3, -0.25) is 4.90 Å². The highest BCUT2D eigenvalue weighted by Crippen LogP contribution is 2.25. The lowest BCUT2D eigenvalue weighted by Gasteiger charge is -2.32. The van der Waals surface area contributed by atoms with Crippen LogP contribution in [0, 0.1) is 0 Å². The first kappa shape index (κ1) is 17.9. The number of aromatic amines is 1. The third-order valence-corrected chi connectivity index (χ3v) is 5.30. The first-order valence-corrected chi connectivity index (χ1v) is 9.71. The van der Waals surface area contributed by atoms with E-state index in [0.29, 0.717) is 0 Å². The van der Waals surface area contributed by atoms with E-state index in [4.69, 9.17) is 4.74 Å². The van der Waals surface area contributed by atoms with Crippen LogP contribution in [-0.4, -0.2) is 61.2 Å². The molecule has 0 radical (unpaired) electrons. The number of para-hydroxylation sites is 2. The molecule has 4 rings (SSSR count). The first-order valence-electron chi connectivity index (χ1n) is 9.71. The van der Waals surface area contributed by atoms with Crippen molar-refractivity contribution >= 4 is 16.6 Å². The minimum Gasteiger partial charge on any atom is -0.490 e. The fourth-order valence-electron chi connectivity index (χ4n) is 3.59. The van der Waals surface area contributed by atoms with Crippen molar-refractivity contribution in [3.05, 3.63) is 60.3 Å². The number of benzene rings is 2. The molecule has 1 saturated heterocycles. The minimum atomic E-state index is 0.718. The van der Waals surface area contributed by atoms with Crippen LogP contribution in [-0.2, 0) is 6.54 Å². The Hall–Kier alpha value is -2.50. The van der Waals surface area contributed by atoms with E-state index in [1.807, 2.05) is 24.4 Å². The molecule has 5 nitrogen and oxygen atoms in total. The van der Waals surface area contributed by atoms with Gasteiger partial charge in [-0.15, -0.1) is 0 Å². The number of aromatic nitrogens is 1. The van der Waals surface area contributed by atoms with Crippen LogP contribution in [0.15, 0.2) is 54.7 Å².